The van der Waals surface area contributed by atoms with E-state index in [0.717, 1.165) is 26.2 Å². The first-order chi connectivity index (χ1) is 14.4. The largest absolute Gasteiger partial charge is 0.390 e. The van der Waals surface area contributed by atoms with Gasteiger partial charge in [-0.2, -0.15) is 0 Å². The molecule has 2 saturated heterocycles. The summed E-state index contributed by atoms with van der Waals surface area (Å²) in [6.07, 6.45) is 2.92. The summed E-state index contributed by atoms with van der Waals surface area (Å²) in [4.78, 5) is 27.3. The van der Waals surface area contributed by atoms with E-state index in [-0.39, 0.29) is 12.5 Å². The van der Waals surface area contributed by atoms with E-state index in [9.17, 15) is 15.0 Å². The van der Waals surface area contributed by atoms with Gasteiger partial charge in [0.15, 0.2) is 0 Å². The molecule has 2 atom stereocenters. The van der Waals surface area contributed by atoms with Crippen LogP contribution in [0, 0.1) is 0 Å². The van der Waals surface area contributed by atoms with Gasteiger partial charge in [0.2, 0.25) is 5.95 Å². The Kier molecular flexibility index (Phi) is 6.19. The fourth-order valence-electron chi connectivity index (χ4n) is 4.11. The van der Waals surface area contributed by atoms with Crippen LogP contribution in [0.2, 0.25) is 5.02 Å². The number of likely N-dealkylation sites (tertiary alicyclic amines) is 1. The molecule has 3 heterocycles. The first kappa shape index (κ1) is 21.0. The van der Waals surface area contributed by atoms with Crippen molar-refractivity contribution in [3.05, 3.63) is 53.3 Å². The van der Waals surface area contributed by atoms with Crippen LogP contribution in [0.5, 0.6) is 0 Å². The second-order valence-corrected chi connectivity index (χ2v) is 8.39. The molecule has 4 rings (SSSR count). The van der Waals surface area contributed by atoms with Crippen LogP contribution in [0.25, 0.3) is 0 Å². The molecule has 2 N–H and O–H groups in total. The minimum atomic E-state index is -1.37. The van der Waals surface area contributed by atoms with Gasteiger partial charge in [-0.3, -0.25) is 9.69 Å². The van der Waals surface area contributed by atoms with E-state index in [1.807, 2.05) is 0 Å². The Labute approximate surface area is 180 Å². The fraction of sp³-hybridized carbons (Fsp3) is 0.476. The van der Waals surface area contributed by atoms with Gasteiger partial charge in [-0.1, -0.05) is 11.6 Å². The SMILES string of the molecule is O=C(c1ccc(Cl)cc1)N1CC[C@@H](O)[C@](O)(CN2CCN(c3ncccn3)CC2)C1. The minimum Gasteiger partial charge on any atom is -0.390 e. The maximum atomic E-state index is 12.9. The molecule has 2 fully saturated rings. The predicted molar refractivity (Wildman–Crippen MR) is 114 cm³/mol. The van der Waals surface area contributed by atoms with Crippen molar-refractivity contribution in [3.8, 4) is 0 Å². The average Bonchev–Trinajstić information content (AvgIpc) is 2.77. The maximum absolute atomic E-state index is 12.9. The number of carbonyl (C=O) groups is 1. The zero-order valence-corrected chi connectivity index (χ0v) is 17.4. The van der Waals surface area contributed by atoms with E-state index in [0.29, 0.717) is 36.0 Å². The number of aromatic nitrogens is 2. The molecule has 160 valence electrons. The number of carbonyl (C=O) groups excluding carboxylic acids is 1. The van der Waals surface area contributed by atoms with Gasteiger partial charge < -0.3 is 20.0 Å². The van der Waals surface area contributed by atoms with Gasteiger partial charge in [-0.15, -0.1) is 0 Å². The lowest BCUT2D eigenvalue weighted by Gasteiger charge is -2.46. The van der Waals surface area contributed by atoms with Crippen molar-refractivity contribution in [2.75, 3.05) is 50.7 Å². The van der Waals surface area contributed by atoms with Crippen molar-refractivity contribution >= 4 is 23.5 Å². The number of β-amino-alcohol motifs (C(OH)–C–C–N with tert-alkyl or cyclic N) is 1. The highest BCUT2D eigenvalue weighted by Gasteiger charge is 2.44. The number of aliphatic hydroxyl groups excluding tert-OH is 1. The first-order valence-corrected chi connectivity index (χ1v) is 10.5. The van der Waals surface area contributed by atoms with Crippen molar-refractivity contribution < 1.29 is 15.0 Å². The molecule has 0 unspecified atom stereocenters. The second-order valence-electron chi connectivity index (χ2n) is 7.95. The Morgan fingerprint density at radius 1 is 1.10 bits per heavy atom. The van der Waals surface area contributed by atoms with Crippen molar-refractivity contribution in [2.45, 2.75) is 18.1 Å². The third kappa shape index (κ3) is 4.57. The number of benzene rings is 1. The molecule has 0 saturated carbocycles. The highest BCUT2D eigenvalue weighted by atomic mass is 35.5. The van der Waals surface area contributed by atoms with Crippen LogP contribution in [0.3, 0.4) is 0 Å². The van der Waals surface area contributed by atoms with E-state index >= 15 is 0 Å². The summed E-state index contributed by atoms with van der Waals surface area (Å²) < 4.78 is 0. The zero-order valence-electron chi connectivity index (χ0n) is 16.7. The summed E-state index contributed by atoms with van der Waals surface area (Å²) in [6.45, 7) is 3.73. The lowest BCUT2D eigenvalue weighted by Crippen LogP contribution is -2.64. The number of aliphatic hydroxyl groups is 2. The van der Waals surface area contributed by atoms with E-state index in [2.05, 4.69) is 19.8 Å². The number of anilines is 1. The molecule has 30 heavy (non-hydrogen) atoms. The molecule has 0 aliphatic carbocycles. The van der Waals surface area contributed by atoms with Crippen LogP contribution >= 0.6 is 11.6 Å². The molecule has 0 radical (unpaired) electrons. The summed E-state index contributed by atoms with van der Waals surface area (Å²) in [5.74, 6) is 0.538. The van der Waals surface area contributed by atoms with Gasteiger partial charge >= 0.3 is 0 Å². The van der Waals surface area contributed by atoms with Gasteiger partial charge in [0.25, 0.3) is 5.91 Å². The van der Waals surface area contributed by atoms with Crippen molar-refractivity contribution in [2.24, 2.45) is 0 Å². The van der Waals surface area contributed by atoms with Crippen LogP contribution < -0.4 is 4.90 Å². The monoisotopic (exact) mass is 431 g/mol. The number of hydrogen-bond donors (Lipinski definition) is 2. The van der Waals surface area contributed by atoms with Gasteiger partial charge in [-0.25, -0.2) is 9.97 Å². The Bertz CT molecular complexity index is 861. The summed E-state index contributed by atoms with van der Waals surface area (Å²) in [5.41, 5.74) is -0.847. The smallest absolute Gasteiger partial charge is 0.253 e. The fourth-order valence-corrected chi connectivity index (χ4v) is 4.24. The quantitative estimate of drug-likeness (QED) is 0.742. The standard InChI is InChI=1S/C21H26ClN5O3/c22-17-4-2-16(3-5-17)19(29)27-9-6-18(28)21(30,15-27)14-25-10-12-26(13-11-25)20-23-7-1-8-24-20/h1-5,7-8,18,28,30H,6,9-15H2/t18-,21+/m1/s1. The van der Waals surface area contributed by atoms with Crippen molar-refractivity contribution in [1.82, 2.24) is 19.8 Å². The predicted octanol–water partition coefficient (Wildman–Crippen LogP) is 0.890. The summed E-state index contributed by atoms with van der Waals surface area (Å²) >= 11 is 5.91. The molecular weight excluding hydrogens is 406 g/mol. The highest BCUT2D eigenvalue weighted by Crippen LogP contribution is 2.25. The lowest BCUT2D eigenvalue weighted by atomic mass is 9.88. The van der Waals surface area contributed by atoms with Crippen LogP contribution in [0.15, 0.2) is 42.7 Å². The normalized spacial score (nSPS) is 25.4. The topological polar surface area (TPSA) is 93.0 Å². The highest BCUT2D eigenvalue weighted by molar-refractivity contribution is 6.30. The molecule has 8 nitrogen and oxygen atoms in total. The number of piperazine rings is 1. The molecule has 9 heteroatoms. The molecule has 1 aromatic carbocycles. The third-order valence-corrected chi connectivity index (χ3v) is 6.09. The maximum Gasteiger partial charge on any atom is 0.253 e. The van der Waals surface area contributed by atoms with Gasteiger partial charge in [0.1, 0.15) is 5.60 Å². The van der Waals surface area contributed by atoms with Gasteiger partial charge in [-0.05, 0) is 36.8 Å². The summed E-state index contributed by atoms with van der Waals surface area (Å²) in [6, 6.07) is 8.50. The molecule has 2 aliphatic rings. The molecule has 0 spiro atoms. The molecule has 1 amide bonds. The van der Waals surface area contributed by atoms with Gasteiger partial charge in [0, 0.05) is 62.2 Å². The Morgan fingerprint density at radius 3 is 2.43 bits per heavy atom. The van der Waals surface area contributed by atoms with Crippen molar-refractivity contribution in [1.29, 1.82) is 0 Å². The minimum absolute atomic E-state index is 0.0949. The number of nitrogens with zero attached hydrogens (tertiary/aromatic N) is 5. The Morgan fingerprint density at radius 2 is 1.77 bits per heavy atom. The van der Waals surface area contributed by atoms with E-state index in [1.165, 1.54) is 0 Å². The number of rotatable bonds is 4. The molecule has 2 aliphatic heterocycles. The second kappa shape index (κ2) is 8.85. The van der Waals surface area contributed by atoms with Crippen LogP contribution in [-0.2, 0) is 0 Å². The van der Waals surface area contributed by atoms with Crippen LogP contribution in [-0.4, -0.2) is 93.4 Å². The number of piperidine rings is 1. The Balaban J connectivity index is 1.38. The van der Waals surface area contributed by atoms with Crippen molar-refractivity contribution in [3.63, 3.8) is 0 Å². The van der Waals surface area contributed by atoms with E-state index in [1.54, 1.807) is 47.6 Å². The molecular formula is C21H26ClN5O3. The Hall–Kier alpha value is -2.26. The first-order valence-electron chi connectivity index (χ1n) is 10.1. The summed E-state index contributed by atoms with van der Waals surface area (Å²) in [5, 5.41) is 22.3. The van der Waals surface area contributed by atoms with E-state index < -0.39 is 11.7 Å². The summed E-state index contributed by atoms with van der Waals surface area (Å²) in [7, 11) is 0. The van der Waals surface area contributed by atoms with E-state index in [4.69, 9.17) is 11.6 Å². The molecule has 0 bridgehead atoms. The van der Waals surface area contributed by atoms with Gasteiger partial charge in [0.05, 0.1) is 12.6 Å². The average molecular weight is 432 g/mol. The molecule has 2 aromatic rings. The molecule has 1 aromatic heterocycles. The number of amides is 1. The van der Waals surface area contributed by atoms with Crippen LogP contribution in [0.1, 0.15) is 16.8 Å². The van der Waals surface area contributed by atoms with Crippen LogP contribution in [0.4, 0.5) is 5.95 Å². The number of halogens is 1. The third-order valence-electron chi connectivity index (χ3n) is 5.84. The lowest BCUT2D eigenvalue weighted by molar-refractivity contribution is -0.127. The number of hydrogen-bond acceptors (Lipinski definition) is 7. The zero-order chi connectivity index (χ0) is 21.1.